The maximum Gasteiger partial charge on any atom is 0.261 e. The highest BCUT2D eigenvalue weighted by Crippen LogP contribution is 2.19. The predicted molar refractivity (Wildman–Crippen MR) is 106 cm³/mol. The van der Waals surface area contributed by atoms with Gasteiger partial charge in [-0.2, -0.15) is 0 Å². The minimum absolute atomic E-state index is 0.123. The van der Waals surface area contributed by atoms with Crippen LogP contribution < -0.4 is 14.8 Å². The highest BCUT2D eigenvalue weighted by molar-refractivity contribution is 5.80. The van der Waals surface area contributed by atoms with E-state index in [1.807, 2.05) is 18.2 Å². The molecule has 0 aromatic heterocycles. The molecule has 1 amide bonds. The Balaban J connectivity index is 1.53. The van der Waals surface area contributed by atoms with Crippen LogP contribution in [0.2, 0.25) is 0 Å². The zero-order valence-corrected chi connectivity index (χ0v) is 16.1. The lowest BCUT2D eigenvalue weighted by Gasteiger charge is -2.19. The van der Waals surface area contributed by atoms with Crippen molar-refractivity contribution in [2.24, 2.45) is 0 Å². The fourth-order valence-electron chi connectivity index (χ4n) is 3.30. The van der Waals surface area contributed by atoms with Gasteiger partial charge in [-0.25, -0.2) is 0 Å². The Morgan fingerprint density at radius 2 is 1.67 bits per heavy atom. The van der Waals surface area contributed by atoms with Crippen molar-refractivity contribution in [2.75, 3.05) is 20.2 Å². The molecule has 144 valence electrons. The van der Waals surface area contributed by atoms with Crippen LogP contribution in [0.1, 0.15) is 30.9 Å². The van der Waals surface area contributed by atoms with Gasteiger partial charge < -0.3 is 14.8 Å². The van der Waals surface area contributed by atoms with E-state index >= 15 is 0 Å². The molecule has 1 atom stereocenters. The van der Waals surface area contributed by atoms with Crippen LogP contribution in [-0.4, -0.2) is 37.1 Å². The second-order valence-corrected chi connectivity index (χ2v) is 6.91. The molecular formula is C22H28N2O3. The Labute approximate surface area is 161 Å². The predicted octanol–water partition coefficient (Wildman–Crippen LogP) is 3.37. The molecule has 1 aliphatic rings. The first kappa shape index (κ1) is 19.2. The Kier molecular flexibility index (Phi) is 6.71. The van der Waals surface area contributed by atoms with Crippen LogP contribution in [0.25, 0.3) is 0 Å². The van der Waals surface area contributed by atoms with Crippen LogP contribution in [0.15, 0.2) is 48.5 Å². The summed E-state index contributed by atoms with van der Waals surface area (Å²) in [6.07, 6.45) is 1.99. The molecule has 5 nitrogen and oxygen atoms in total. The molecule has 1 heterocycles. The fraction of sp³-hybridized carbons (Fsp3) is 0.409. The highest BCUT2D eigenvalue weighted by Gasteiger charge is 2.16. The summed E-state index contributed by atoms with van der Waals surface area (Å²) in [6, 6.07) is 15.5. The summed E-state index contributed by atoms with van der Waals surface area (Å²) < 4.78 is 10.9. The third-order valence-corrected chi connectivity index (χ3v) is 4.91. The summed E-state index contributed by atoms with van der Waals surface area (Å²) in [5.74, 6) is 1.28. The van der Waals surface area contributed by atoms with E-state index in [0.29, 0.717) is 12.3 Å². The molecule has 0 bridgehead atoms. The van der Waals surface area contributed by atoms with Gasteiger partial charge in [0.1, 0.15) is 11.5 Å². The molecule has 1 fully saturated rings. The third-order valence-electron chi connectivity index (χ3n) is 4.91. The molecule has 0 spiro atoms. The molecule has 0 aliphatic carbocycles. The lowest BCUT2D eigenvalue weighted by Crippen LogP contribution is -2.36. The minimum atomic E-state index is -0.566. The number of nitrogens with one attached hydrogen (secondary N) is 1. The monoisotopic (exact) mass is 368 g/mol. The van der Waals surface area contributed by atoms with Crippen molar-refractivity contribution in [3.8, 4) is 11.5 Å². The average Bonchev–Trinajstić information content (AvgIpc) is 3.20. The standard InChI is InChI=1S/C22H28N2O3/c1-17(27-21-11-9-20(26-2)10-12-21)22(25)23-15-18-7-3-4-8-19(18)16-24-13-5-6-14-24/h3-4,7-12,17H,5-6,13-16H2,1-2H3,(H,23,25). The molecule has 1 aliphatic heterocycles. The van der Waals surface area contributed by atoms with Gasteiger partial charge in [-0.15, -0.1) is 0 Å². The van der Waals surface area contributed by atoms with E-state index in [0.717, 1.165) is 30.9 Å². The minimum Gasteiger partial charge on any atom is -0.497 e. The Hall–Kier alpha value is -2.53. The van der Waals surface area contributed by atoms with Crippen molar-refractivity contribution >= 4 is 5.91 Å². The van der Waals surface area contributed by atoms with E-state index in [-0.39, 0.29) is 5.91 Å². The van der Waals surface area contributed by atoms with Crippen LogP contribution in [0.5, 0.6) is 11.5 Å². The molecule has 1 saturated heterocycles. The Morgan fingerprint density at radius 3 is 2.33 bits per heavy atom. The zero-order chi connectivity index (χ0) is 19.1. The van der Waals surface area contributed by atoms with Gasteiger partial charge in [0.2, 0.25) is 0 Å². The van der Waals surface area contributed by atoms with Gasteiger partial charge in [0.05, 0.1) is 7.11 Å². The molecule has 2 aromatic carbocycles. The number of likely N-dealkylation sites (tertiary alicyclic amines) is 1. The van der Waals surface area contributed by atoms with Gasteiger partial charge in [-0.05, 0) is 68.2 Å². The normalized spacial score (nSPS) is 15.3. The first-order valence-corrected chi connectivity index (χ1v) is 9.53. The topological polar surface area (TPSA) is 50.8 Å². The molecule has 0 saturated carbocycles. The van der Waals surface area contributed by atoms with E-state index in [4.69, 9.17) is 9.47 Å². The smallest absolute Gasteiger partial charge is 0.261 e. The molecule has 3 rings (SSSR count). The number of benzene rings is 2. The Bertz CT molecular complexity index is 739. The quantitative estimate of drug-likeness (QED) is 0.776. The third kappa shape index (κ3) is 5.47. The zero-order valence-electron chi connectivity index (χ0n) is 16.1. The van der Waals surface area contributed by atoms with Crippen molar-refractivity contribution < 1.29 is 14.3 Å². The van der Waals surface area contributed by atoms with E-state index in [1.54, 1.807) is 26.2 Å². The number of carbonyl (C=O) groups excluding carboxylic acids is 1. The molecule has 27 heavy (non-hydrogen) atoms. The number of ether oxygens (including phenoxy) is 2. The van der Waals surface area contributed by atoms with Crippen molar-refractivity contribution in [2.45, 2.75) is 39.0 Å². The molecule has 5 heteroatoms. The van der Waals surface area contributed by atoms with E-state index < -0.39 is 6.10 Å². The first-order valence-electron chi connectivity index (χ1n) is 9.53. The first-order chi connectivity index (χ1) is 13.2. The van der Waals surface area contributed by atoms with Gasteiger partial charge in [0.15, 0.2) is 6.10 Å². The van der Waals surface area contributed by atoms with Crippen molar-refractivity contribution in [1.29, 1.82) is 0 Å². The van der Waals surface area contributed by atoms with Crippen molar-refractivity contribution in [3.05, 3.63) is 59.7 Å². The number of methoxy groups -OCH3 is 1. The summed E-state index contributed by atoms with van der Waals surface area (Å²) >= 11 is 0. The van der Waals surface area contributed by atoms with Gasteiger partial charge in [0, 0.05) is 13.1 Å². The SMILES string of the molecule is COc1ccc(OC(C)C(=O)NCc2ccccc2CN2CCCC2)cc1. The largest absolute Gasteiger partial charge is 0.497 e. The number of carbonyl (C=O) groups is 1. The number of amides is 1. The van der Waals surface area contributed by atoms with E-state index in [2.05, 4.69) is 28.4 Å². The summed E-state index contributed by atoms with van der Waals surface area (Å²) in [7, 11) is 1.62. The van der Waals surface area contributed by atoms with Gasteiger partial charge >= 0.3 is 0 Å². The van der Waals surface area contributed by atoms with Crippen LogP contribution >= 0.6 is 0 Å². The molecule has 0 radical (unpaired) electrons. The summed E-state index contributed by atoms with van der Waals surface area (Å²) in [5, 5.41) is 3.00. The second kappa shape index (κ2) is 9.42. The second-order valence-electron chi connectivity index (χ2n) is 6.91. The molecule has 1 N–H and O–H groups in total. The van der Waals surface area contributed by atoms with Crippen LogP contribution in [0.4, 0.5) is 0 Å². The number of hydrogen-bond donors (Lipinski definition) is 1. The molecule has 2 aromatic rings. The maximum absolute atomic E-state index is 12.4. The Morgan fingerprint density at radius 1 is 1.04 bits per heavy atom. The van der Waals surface area contributed by atoms with Crippen molar-refractivity contribution in [1.82, 2.24) is 10.2 Å². The number of hydrogen-bond acceptors (Lipinski definition) is 4. The van der Waals surface area contributed by atoms with Crippen LogP contribution in [-0.2, 0) is 17.9 Å². The highest BCUT2D eigenvalue weighted by atomic mass is 16.5. The van der Waals surface area contributed by atoms with E-state index in [9.17, 15) is 4.79 Å². The number of rotatable bonds is 8. The van der Waals surface area contributed by atoms with E-state index in [1.165, 1.54) is 18.4 Å². The lowest BCUT2D eigenvalue weighted by molar-refractivity contribution is -0.127. The average molecular weight is 368 g/mol. The van der Waals surface area contributed by atoms with Gasteiger partial charge in [-0.1, -0.05) is 24.3 Å². The molecule has 1 unspecified atom stereocenters. The lowest BCUT2D eigenvalue weighted by atomic mass is 10.1. The van der Waals surface area contributed by atoms with Crippen LogP contribution in [0.3, 0.4) is 0 Å². The fourth-order valence-corrected chi connectivity index (χ4v) is 3.30. The summed E-state index contributed by atoms with van der Waals surface area (Å²) in [6.45, 7) is 5.54. The summed E-state index contributed by atoms with van der Waals surface area (Å²) in [5.41, 5.74) is 2.44. The van der Waals surface area contributed by atoms with Crippen molar-refractivity contribution in [3.63, 3.8) is 0 Å². The maximum atomic E-state index is 12.4. The van der Waals surface area contributed by atoms with Gasteiger partial charge in [0.25, 0.3) is 5.91 Å². The van der Waals surface area contributed by atoms with Gasteiger partial charge in [-0.3, -0.25) is 9.69 Å². The van der Waals surface area contributed by atoms with Crippen LogP contribution in [0, 0.1) is 0 Å². The number of nitrogens with zero attached hydrogens (tertiary/aromatic N) is 1. The summed E-state index contributed by atoms with van der Waals surface area (Å²) in [4.78, 5) is 14.9. The molecular weight excluding hydrogens is 340 g/mol.